The second-order valence-electron chi connectivity index (χ2n) is 15.5. The van der Waals surface area contributed by atoms with Gasteiger partial charge in [-0.25, -0.2) is 0 Å². The summed E-state index contributed by atoms with van der Waals surface area (Å²) < 4.78 is 2.64. The molecule has 1 aliphatic heterocycles. The Morgan fingerprint density at radius 2 is 0.983 bits per heavy atom. The summed E-state index contributed by atoms with van der Waals surface area (Å²) in [7, 11) is 0. The first-order valence-electron chi connectivity index (χ1n) is 19.9. The molecule has 0 saturated heterocycles. The van der Waals surface area contributed by atoms with Crippen LogP contribution in [0.5, 0.6) is 0 Å². The van der Waals surface area contributed by atoms with Crippen molar-refractivity contribution in [1.29, 1.82) is 0 Å². The van der Waals surface area contributed by atoms with Gasteiger partial charge in [0.05, 0.1) is 16.8 Å². The zero-order chi connectivity index (χ0) is 38.0. The molecule has 1 aromatic heterocycles. The van der Waals surface area contributed by atoms with Crippen LogP contribution in [0.25, 0.3) is 63.6 Å². The van der Waals surface area contributed by atoms with Crippen molar-refractivity contribution < 1.29 is 0 Å². The van der Waals surface area contributed by atoms with Crippen molar-refractivity contribution in [3.05, 3.63) is 222 Å². The number of rotatable bonds is 3. The van der Waals surface area contributed by atoms with Crippen molar-refractivity contribution in [1.82, 2.24) is 0 Å². The summed E-state index contributed by atoms with van der Waals surface area (Å²) in [5.41, 5.74) is 11.0. The molecule has 58 heavy (non-hydrogen) atoms. The van der Waals surface area contributed by atoms with Crippen LogP contribution in [-0.2, 0) is 5.41 Å². The summed E-state index contributed by atoms with van der Waals surface area (Å²) in [5.74, 6) is 0. The van der Waals surface area contributed by atoms with Crippen molar-refractivity contribution in [2.45, 2.75) is 15.2 Å². The maximum absolute atomic E-state index is 2.53. The summed E-state index contributed by atoms with van der Waals surface area (Å²) in [4.78, 5) is 5.16. The van der Waals surface area contributed by atoms with Crippen LogP contribution in [-0.4, -0.2) is 0 Å². The van der Waals surface area contributed by atoms with Gasteiger partial charge < -0.3 is 4.90 Å². The van der Waals surface area contributed by atoms with Crippen molar-refractivity contribution >= 4 is 92.7 Å². The average molecular weight is 772 g/mol. The van der Waals surface area contributed by atoms with Gasteiger partial charge >= 0.3 is 0 Å². The molecule has 0 saturated carbocycles. The Kier molecular flexibility index (Phi) is 6.81. The van der Waals surface area contributed by atoms with Crippen molar-refractivity contribution in [3.63, 3.8) is 0 Å². The lowest BCUT2D eigenvalue weighted by Gasteiger charge is -2.46. The van der Waals surface area contributed by atoms with E-state index in [-0.39, 0.29) is 0 Å². The molecule has 10 aromatic carbocycles. The molecular weight excluding hydrogens is 739 g/mol. The third-order valence-electron chi connectivity index (χ3n) is 12.7. The van der Waals surface area contributed by atoms with Gasteiger partial charge in [0, 0.05) is 46.4 Å². The van der Waals surface area contributed by atoms with Crippen LogP contribution in [0, 0.1) is 0 Å². The number of thiophene rings is 1. The van der Waals surface area contributed by atoms with Gasteiger partial charge in [-0.1, -0.05) is 176 Å². The highest BCUT2D eigenvalue weighted by atomic mass is 32.2. The Hall–Kier alpha value is -6.65. The molecule has 0 N–H and O–H groups in total. The standard InChI is InChI=1S/C55H33NS2/c1-3-16-37-34(13-1)15-11-24-48(37)56(36-28-30-40-42-29-27-35-14-2-4-17-38(35)54(42)58-52(40)33-36)49-32-31-41-39-18-5-6-20-44(39)55(47-23-12-19-43(49)53(41)47)45-21-7-9-25-50(45)57-51-26-10-8-22-46(51)55/h1-33H. The third-order valence-corrected chi connectivity index (χ3v) is 15.1. The minimum atomic E-state index is -0.483. The Balaban J connectivity index is 1.14. The fourth-order valence-electron chi connectivity index (χ4n) is 10.3. The van der Waals surface area contributed by atoms with E-state index in [1.54, 1.807) is 0 Å². The Labute approximate surface area is 344 Å². The summed E-state index contributed by atoms with van der Waals surface area (Å²) in [5, 5.41) is 10.2. The average Bonchev–Trinajstić information content (AvgIpc) is 3.67. The van der Waals surface area contributed by atoms with Crippen LogP contribution >= 0.6 is 23.1 Å². The van der Waals surface area contributed by atoms with Crippen molar-refractivity contribution in [2.75, 3.05) is 4.90 Å². The zero-order valence-corrected chi connectivity index (χ0v) is 32.9. The molecule has 0 unspecified atom stereocenters. The number of anilines is 3. The highest BCUT2D eigenvalue weighted by Crippen LogP contribution is 2.62. The molecule has 1 nitrogen and oxygen atoms in total. The first kappa shape index (κ1) is 32.4. The molecule has 0 atom stereocenters. The topological polar surface area (TPSA) is 3.24 Å². The lowest BCUT2D eigenvalue weighted by atomic mass is 9.59. The summed E-state index contributed by atoms with van der Waals surface area (Å²) >= 11 is 3.80. The van der Waals surface area contributed by atoms with E-state index < -0.39 is 5.41 Å². The van der Waals surface area contributed by atoms with E-state index in [9.17, 15) is 0 Å². The Bertz CT molecular complexity index is 3470. The van der Waals surface area contributed by atoms with Gasteiger partial charge in [0.2, 0.25) is 0 Å². The van der Waals surface area contributed by atoms with Crippen LogP contribution < -0.4 is 4.90 Å². The second kappa shape index (κ2) is 12.2. The predicted octanol–water partition coefficient (Wildman–Crippen LogP) is 15.8. The number of nitrogens with zero attached hydrogens (tertiary/aromatic N) is 1. The van der Waals surface area contributed by atoms with Crippen LogP contribution in [0.15, 0.2) is 210 Å². The molecule has 11 aromatic rings. The van der Waals surface area contributed by atoms with Gasteiger partial charge in [-0.2, -0.15) is 0 Å². The van der Waals surface area contributed by atoms with E-state index in [0.717, 1.165) is 5.69 Å². The predicted molar refractivity (Wildman–Crippen MR) is 248 cm³/mol. The normalized spacial score (nSPS) is 13.6. The maximum atomic E-state index is 2.53. The monoisotopic (exact) mass is 771 g/mol. The first-order chi connectivity index (χ1) is 28.8. The second-order valence-corrected chi connectivity index (χ2v) is 17.7. The van der Waals surface area contributed by atoms with Gasteiger partial charge in [0.1, 0.15) is 0 Å². The van der Waals surface area contributed by atoms with Crippen molar-refractivity contribution in [3.8, 4) is 11.1 Å². The number of benzene rings is 10. The fourth-order valence-corrected chi connectivity index (χ4v) is 12.8. The first-order valence-corrected chi connectivity index (χ1v) is 21.6. The molecule has 3 heteroatoms. The molecule has 0 bridgehead atoms. The molecule has 1 spiro atoms. The van der Waals surface area contributed by atoms with Crippen molar-refractivity contribution in [2.24, 2.45) is 0 Å². The molecule has 1 aliphatic carbocycles. The molecule has 0 amide bonds. The highest BCUT2D eigenvalue weighted by Gasteiger charge is 2.48. The minimum absolute atomic E-state index is 0.483. The molecule has 0 radical (unpaired) electrons. The SMILES string of the molecule is c1ccc2c(c1)Sc1ccccc1C21c2ccccc2-c2ccc(N(c3ccc4c(c3)sc3c5ccccc5ccc43)c3cccc4ccccc34)c3cccc1c23. The van der Waals surface area contributed by atoms with E-state index in [0.29, 0.717) is 0 Å². The van der Waals surface area contributed by atoms with E-state index >= 15 is 0 Å². The van der Waals surface area contributed by atoms with E-state index in [1.807, 2.05) is 23.1 Å². The lowest BCUT2D eigenvalue weighted by Crippen LogP contribution is -2.36. The van der Waals surface area contributed by atoms with Gasteiger partial charge in [0.25, 0.3) is 0 Å². The quantitative estimate of drug-likeness (QED) is 0.176. The van der Waals surface area contributed by atoms with Gasteiger partial charge in [-0.3, -0.25) is 0 Å². The smallest absolute Gasteiger partial charge is 0.0735 e. The maximum Gasteiger partial charge on any atom is 0.0735 e. The number of hydrogen-bond donors (Lipinski definition) is 0. The van der Waals surface area contributed by atoms with E-state index in [2.05, 4.69) is 205 Å². The van der Waals surface area contributed by atoms with Gasteiger partial charge in [-0.05, 0) is 91.3 Å². The minimum Gasteiger partial charge on any atom is -0.309 e. The van der Waals surface area contributed by atoms with E-state index in [4.69, 9.17) is 0 Å². The molecule has 270 valence electrons. The summed E-state index contributed by atoms with van der Waals surface area (Å²) in [6, 6.07) is 75.1. The molecule has 13 rings (SSSR count). The number of hydrogen-bond acceptors (Lipinski definition) is 3. The van der Waals surface area contributed by atoms with Crippen LogP contribution in [0.2, 0.25) is 0 Å². The molecule has 0 fully saturated rings. The van der Waals surface area contributed by atoms with Gasteiger partial charge in [-0.15, -0.1) is 11.3 Å². The molecular formula is C55H33NS2. The summed E-state index contributed by atoms with van der Waals surface area (Å²) in [6.07, 6.45) is 0. The Morgan fingerprint density at radius 3 is 1.81 bits per heavy atom. The lowest BCUT2D eigenvalue weighted by molar-refractivity contribution is 0.707. The van der Waals surface area contributed by atoms with Crippen LogP contribution in [0.4, 0.5) is 17.1 Å². The molecule has 2 aliphatic rings. The fraction of sp³-hybridized carbons (Fsp3) is 0.0182. The largest absolute Gasteiger partial charge is 0.309 e. The Morgan fingerprint density at radius 1 is 0.379 bits per heavy atom. The summed E-state index contributed by atoms with van der Waals surface area (Å²) in [6.45, 7) is 0. The van der Waals surface area contributed by atoms with E-state index in [1.165, 1.54) is 107 Å². The number of fused-ring (bicyclic) bond motifs is 14. The van der Waals surface area contributed by atoms with Gasteiger partial charge in [0.15, 0.2) is 0 Å². The van der Waals surface area contributed by atoms with Crippen LogP contribution in [0.1, 0.15) is 22.3 Å². The molecule has 2 heterocycles. The zero-order valence-electron chi connectivity index (χ0n) is 31.3. The van der Waals surface area contributed by atoms with Crippen LogP contribution in [0.3, 0.4) is 0 Å². The highest BCUT2D eigenvalue weighted by molar-refractivity contribution is 7.99. The third kappa shape index (κ3) is 4.32.